The molecular weight excluding hydrogens is 301 g/mol. The molecule has 0 bridgehead atoms. The highest BCUT2D eigenvalue weighted by molar-refractivity contribution is 7.58. The standard InChI is InChI=1S/C12H16NO7P/c1-18-21(17,19-2)12(13,10(14)15)11(16)20-8-9-6-4-3-5-7-9/h3-7H,8,13H2,1-2H3,(H,14,15). The second-order valence-corrected chi connectivity index (χ2v) is 6.43. The van der Waals surface area contributed by atoms with Crippen LogP contribution in [0.5, 0.6) is 0 Å². The van der Waals surface area contributed by atoms with Crippen LogP contribution in [0.15, 0.2) is 30.3 Å². The molecule has 1 atom stereocenters. The number of nitrogens with two attached hydrogens (primary N) is 1. The molecule has 1 unspecified atom stereocenters. The van der Waals surface area contributed by atoms with Crippen LogP contribution in [0.4, 0.5) is 0 Å². The van der Waals surface area contributed by atoms with Crippen molar-refractivity contribution in [1.29, 1.82) is 0 Å². The summed E-state index contributed by atoms with van der Waals surface area (Å²) in [5.41, 5.74) is 6.07. The van der Waals surface area contributed by atoms with E-state index in [-0.39, 0.29) is 6.61 Å². The SMILES string of the molecule is COP(=O)(OC)C(N)(C(=O)O)C(=O)OCc1ccccc1. The number of benzene rings is 1. The molecule has 0 spiro atoms. The number of ether oxygens (including phenoxy) is 1. The first-order valence-electron chi connectivity index (χ1n) is 5.77. The highest BCUT2D eigenvalue weighted by atomic mass is 31.2. The Hall–Kier alpha value is -1.73. The van der Waals surface area contributed by atoms with Crippen molar-refractivity contribution in [2.75, 3.05) is 14.2 Å². The van der Waals surface area contributed by atoms with E-state index < -0.39 is 24.8 Å². The van der Waals surface area contributed by atoms with Gasteiger partial charge in [0.2, 0.25) is 0 Å². The van der Waals surface area contributed by atoms with Gasteiger partial charge < -0.3 is 18.9 Å². The van der Waals surface area contributed by atoms with E-state index in [4.69, 9.17) is 15.6 Å². The Kier molecular flexibility index (Phi) is 5.62. The fourth-order valence-electron chi connectivity index (χ4n) is 1.51. The van der Waals surface area contributed by atoms with E-state index in [1.165, 1.54) is 0 Å². The lowest BCUT2D eigenvalue weighted by molar-refractivity contribution is -0.158. The van der Waals surface area contributed by atoms with Crippen LogP contribution >= 0.6 is 7.60 Å². The summed E-state index contributed by atoms with van der Waals surface area (Å²) in [6.07, 6.45) is 0. The van der Waals surface area contributed by atoms with Gasteiger partial charge in [-0.25, -0.2) is 9.59 Å². The number of carbonyl (C=O) groups is 2. The molecule has 0 aromatic heterocycles. The Morgan fingerprint density at radius 3 is 2.19 bits per heavy atom. The van der Waals surface area contributed by atoms with Crippen molar-refractivity contribution >= 4 is 19.5 Å². The first-order chi connectivity index (χ1) is 9.81. The van der Waals surface area contributed by atoms with Gasteiger partial charge in [0.05, 0.1) is 0 Å². The monoisotopic (exact) mass is 317 g/mol. The maximum absolute atomic E-state index is 12.2. The highest BCUT2D eigenvalue weighted by Gasteiger charge is 2.61. The fraction of sp³-hybridized carbons (Fsp3) is 0.333. The third-order valence-electron chi connectivity index (χ3n) is 2.76. The molecule has 1 rings (SSSR count). The van der Waals surface area contributed by atoms with E-state index >= 15 is 0 Å². The van der Waals surface area contributed by atoms with Gasteiger partial charge in [-0.05, 0) is 5.56 Å². The molecule has 21 heavy (non-hydrogen) atoms. The zero-order valence-electron chi connectivity index (χ0n) is 11.5. The lowest BCUT2D eigenvalue weighted by Gasteiger charge is -2.28. The van der Waals surface area contributed by atoms with Crippen LogP contribution in [0, 0.1) is 0 Å². The van der Waals surface area contributed by atoms with Crippen molar-refractivity contribution in [3.8, 4) is 0 Å². The molecule has 116 valence electrons. The Bertz CT molecular complexity index is 554. The topological polar surface area (TPSA) is 125 Å². The third-order valence-corrected chi connectivity index (χ3v) is 4.96. The van der Waals surface area contributed by atoms with Crippen LogP contribution in [0.3, 0.4) is 0 Å². The smallest absolute Gasteiger partial charge is 0.373 e. The van der Waals surface area contributed by atoms with Gasteiger partial charge in [0.1, 0.15) is 6.61 Å². The Balaban J connectivity index is 2.98. The lowest BCUT2D eigenvalue weighted by Crippen LogP contribution is -2.55. The molecule has 0 radical (unpaired) electrons. The molecule has 0 amide bonds. The minimum Gasteiger partial charge on any atom is -0.479 e. The third kappa shape index (κ3) is 3.30. The van der Waals surface area contributed by atoms with Crippen LogP contribution in [0.2, 0.25) is 0 Å². The molecule has 3 N–H and O–H groups in total. The quantitative estimate of drug-likeness (QED) is 0.432. The summed E-state index contributed by atoms with van der Waals surface area (Å²) in [5.74, 6) is -3.28. The number of rotatable bonds is 7. The molecule has 0 aliphatic heterocycles. The maximum Gasteiger partial charge on any atom is 0.373 e. The lowest BCUT2D eigenvalue weighted by atomic mass is 10.2. The van der Waals surface area contributed by atoms with Crippen molar-refractivity contribution in [3.05, 3.63) is 35.9 Å². The molecule has 0 saturated carbocycles. The van der Waals surface area contributed by atoms with Crippen molar-refractivity contribution in [2.24, 2.45) is 5.73 Å². The molecule has 0 heterocycles. The number of aliphatic carboxylic acids is 1. The Morgan fingerprint density at radius 2 is 1.76 bits per heavy atom. The molecule has 0 aliphatic carbocycles. The molecule has 9 heteroatoms. The summed E-state index contributed by atoms with van der Waals surface area (Å²) < 4.78 is 26.1. The molecule has 1 aromatic carbocycles. The average molecular weight is 317 g/mol. The van der Waals surface area contributed by atoms with Gasteiger partial charge in [-0.1, -0.05) is 30.3 Å². The molecule has 0 saturated heterocycles. The first kappa shape index (κ1) is 17.3. The van der Waals surface area contributed by atoms with Gasteiger partial charge in [0.15, 0.2) is 0 Å². The van der Waals surface area contributed by atoms with E-state index in [1.807, 2.05) is 0 Å². The van der Waals surface area contributed by atoms with Crippen molar-refractivity contribution in [2.45, 2.75) is 11.9 Å². The number of carbonyl (C=O) groups excluding carboxylic acids is 1. The Morgan fingerprint density at radius 1 is 1.24 bits per heavy atom. The van der Waals surface area contributed by atoms with Gasteiger partial charge >= 0.3 is 24.8 Å². The predicted molar refractivity (Wildman–Crippen MR) is 72.4 cm³/mol. The van der Waals surface area contributed by atoms with Crippen LogP contribution in [0.1, 0.15) is 5.56 Å². The van der Waals surface area contributed by atoms with Crippen LogP contribution in [0.25, 0.3) is 0 Å². The molecule has 0 aliphatic rings. The molecular formula is C12H16NO7P. The van der Waals surface area contributed by atoms with Gasteiger partial charge in [-0.3, -0.25) is 10.3 Å². The fourth-order valence-corrected chi connectivity index (χ4v) is 2.76. The molecule has 1 aromatic rings. The van der Waals surface area contributed by atoms with Gasteiger partial charge in [-0.15, -0.1) is 0 Å². The Labute approximate surface area is 121 Å². The van der Waals surface area contributed by atoms with Gasteiger partial charge in [-0.2, -0.15) is 0 Å². The van der Waals surface area contributed by atoms with Crippen LogP contribution < -0.4 is 5.73 Å². The second-order valence-electron chi connectivity index (χ2n) is 4.00. The summed E-state index contributed by atoms with van der Waals surface area (Å²) in [6.45, 7) is -0.223. The summed E-state index contributed by atoms with van der Waals surface area (Å²) in [6, 6.07) is 8.52. The predicted octanol–water partition coefficient (Wildman–Crippen LogP) is 0.955. The van der Waals surface area contributed by atoms with Crippen molar-refractivity contribution in [3.63, 3.8) is 0 Å². The van der Waals surface area contributed by atoms with E-state index in [0.717, 1.165) is 14.2 Å². The minimum atomic E-state index is -4.43. The average Bonchev–Trinajstić information content (AvgIpc) is 2.51. The van der Waals surface area contributed by atoms with E-state index in [0.29, 0.717) is 5.56 Å². The normalized spacial score (nSPS) is 14.2. The van der Waals surface area contributed by atoms with Gasteiger partial charge in [0, 0.05) is 14.2 Å². The number of carboxylic acids is 1. The van der Waals surface area contributed by atoms with E-state index in [9.17, 15) is 14.2 Å². The summed E-state index contributed by atoms with van der Waals surface area (Å²) in [5, 5.41) is 6.20. The maximum atomic E-state index is 12.2. The van der Waals surface area contributed by atoms with Crippen LogP contribution in [-0.4, -0.2) is 36.5 Å². The summed E-state index contributed by atoms with van der Waals surface area (Å²) >= 11 is 0. The largest absolute Gasteiger partial charge is 0.479 e. The zero-order chi connectivity index (χ0) is 16.1. The first-order valence-corrected chi connectivity index (χ1v) is 7.31. The number of hydrogen-bond acceptors (Lipinski definition) is 7. The molecule has 8 nitrogen and oxygen atoms in total. The van der Waals surface area contributed by atoms with Crippen molar-refractivity contribution < 1.29 is 33.0 Å². The zero-order valence-corrected chi connectivity index (χ0v) is 12.4. The highest BCUT2D eigenvalue weighted by Crippen LogP contribution is 2.56. The van der Waals surface area contributed by atoms with Crippen molar-refractivity contribution in [1.82, 2.24) is 0 Å². The minimum absolute atomic E-state index is 0.223. The summed E-state index contributed by atoms with van der Waals surface area (Å²) in [7, 11) is -2.57. The number of esters is 1. The van der Waals surface area contributed by atoms with Crippen LogP contribution in [-0.2, 0) is 34.5 Å². The number of hydrogen-bond donors (Lipinski definition) is 2. The molecule has 0 fully saturated rings. The van der Waals surface area contributed by atoms with E-state index in [2.05, 4.69) is 9.05 Å². The second kappa shape index (κ2) is 6.82. The van der Waals surface area contributed by atoms with Gasteiger partial charge in [0.25, 0.3) is 0 Å². The summed E-state index contributed by atoms with van der Waals surface area (Å²) in [4.78, 5) is 23.3. The number of carboxylic acid groups (broad SMARTS) is 1. The van der Waals surface area contributed by atoms with E-state index in [1.54, 1.807) is 30.3 Å².